The quantitative estimate of drug-likeness (QED) is 0.892. The number of carbonyl (C=O) groups is 1. The van der Waals surface area contributed by atoms with Gasteiger partial charge in [0.05, 0.1) is 0 Å². The molecule has 0 bridgehead atoms. The Morgan fingerprint density at radius 3 is 3.05 bits per heavy atom. The van der Waals surface area contributed by atoms with Crippen molar-refractivity contribution < 1.29 is 9.32 Å². The first-order valence-corrected chi connectivity index (χ1v) is 7.33. The molecule has 2 heterocycles. The standard InChI is InChI=1S/C15H21N3O2/c1-3-4-11-8-18(2)9-13(11)16-15(19)12-7-14(20-17-12)10-5-6-10/h5,7,11,13H,3-4,6,8-9H2,1-2H3,(H,16,19)/t11-,13-/m0/s1. The number of rotatable bonds is 5. The smallest absolute Gasteiger partial charge is 0.273 e. The van der Waals surface area contributed by atoms with Crippen LogP contribution in [0.3, 0.4) is 0 Å². The van der Waals surface area contributed by atoms with Crippen molar-refractivity contribution in [3.8, 4) is 0 Å². The normalized spacial score (nSPS) is 25.6. The Hall–Kier alpha value is -1.62. The minimum Gasteiger partial charge on any atom is -0.356 e. The molecule has 1 amide bonds. The van der Waals surface area contributed by atoms with Crippen molar-refractivity contribution in [1.82, 2.24) is 15.4 Å². The molecule has 0 aromatic carbocycles. The number of likely N-dealkylation sites (tertiary alicyclic amines) is 1. The van der Waals surface area contributed by atoms with Crippen molar-refractivity contribution in [3.05, 3.63) is 23.6 Å². The number of nitrogens with zero attached hydrogens (tertiary/aromatic N) is 2. The zero-order valence-corrected chi connectivity index (χ0v) is 12.1. The summed E-state index contributed by atoms with van der Waals surface area (Å²) in [6.07, 6.45) is 5.30. The topological polar surface area (TPSA) is 58.4 Å². The van der Waals surface area contributed by atoms with Crippen LogP contribution in [-0.2, 0) is 0 Å². The van der Waals surface area contributed by atoms with Crippen molar-refractivity contribution in [3.63, 3.8) is 0 Å². The molecule has 108 valence electrons. The Morgan fingerprint density at radius 1 is 1.55 bits per heavy atom. The van der Waals surface area contributed by atoms with Gasteiger partial charge >= 0.3 is 0 Å². The van der Waals surface area contributed by atoms with E-state index in [0.29, 0.717) is 11.6 Å². The van der Waals surface area contributed by atoms with Crippen molar-refractivity contribution >= 4 is 11.5 Å². The Labute approximate surface area is 119 Å². The lowest BCUT2D eigenvalue weighted by Crippen LogP contribution is -2.40. The van der Waals surface area contributed by atoms with E-state index in [2.05, 4.69) is 35.4 Å². The highest BCUT2D eigenvalue weighted by molar-refractivity contribution is 5.93. The number of carbonyl (C=O) groups excluding carboxylic acids is 1. The summed E-state index contributed by atoms with van der Waals surface area (Å²) in [5.41, 5.74) is 1.53. The molecule has 1 saturated heterocycles. The maximum absolute atomic E-state index is 12.2. The summed E-state index contributed by atoms with van der Waals surface area (Å²) in [5, 5.41) is 6.98. The van der Waals surface area contributed by atoms with E-state index in [0.717, 1.165) is 43.7 Å². The van der Waals surface area contributed by atoms with Gasteiger partial charge in [0.15, 0.2) is 11.5 Å². The van der Waals surface area contributed by atoms with E-state index in [1.54, 1.807) is 6.07 Å². The predicted molar refractivity (Wildman–Crippen MR) is 76.2 cm³/mol. The number of hydrogen-bond donors (Lipinski definition) is 1. The number of nitrogens with one attached hydrogen (secondary N) is 1. The fourth-order valence-electron chi connectivity index (χ4n) is 2.94. The van der Waals surface area contributed by atoms with E-state index >= 15 is 0 Å². The minimum absolute atomic E-state index is 0.123. The second-order valence-electron chi connectivity index (χ2n) is 5.86. The molecule has 2 atom stereocenters. The highest BCUT2D eigenvalue weighted by Gasteiger charge is 2.32. The van der Waals surface area contributed by atoms with Crippen LogP contribution in [0.2, 0.25) is 0 Å². The molecule has 1 fully saturated rings. The van der Waals surface area contributed by atoms with E-state index in [4.69, 9.17) is 4.52 Å². The summed E-state index contributed by atoms with van der Waals surface area (Å²) in [6, 6.07) is 1.95. The lowest BCUT2D eigenvalue weighted by molar-refractivity contribution is 0.0920. The van der Waals surface area contributed by atoms with Gasteiger partial charge in [0.25, 0.3) is 5.91 Å². The van der Waals surface area contributed by atoms with Crippen molar-refractivity contribution in [2.24, 2.45) is 5.92 Å². The van der Waals surface area contributed by atoms with Crippen LogP contribution < -0.4 is 5.32 Å². The highest BCUT2D eigenvalue weighted by atomic mass is 16.5. The third kappa shape index (κ3) is 2.77. The van der Waals surface area contributed by atoms with Crippen LogP contribution >= 0.6 is 0 Å². The summed E-state index contributed by atoms with van der Waals surface area (Å²) in [6.45, 7) is 4.15. The third-order valence-electron chi connectivity index (χ3n) is 4.07. The Kier molecular flexibility index (Phi) is 3.61. The minimum atomic E-state index is -0.123. The van der Waals surface area contributed by atoms with Gasteiger partial charge in [-0.15, -0.1) is 0 Å². The van der Waals surface area contributed by atoms with Gasteiger partial charge < -0.3 is 14.7 Å². The summed E-state index contributed by atoms with van der Waals surface area (Å²) in [5.74, 6) is 1.14. The molecule has 3 rings (SSSR count). The molecular weight excluding hydrogens is 254 g/mol. The first-order chi connectivity index (χ1) is 9.67. The molecule has 1 N–H and O–H groups in total. The lowest BCUT2D eigenvalue weighted by atomic mass is 9.98. The van der Waals surface area contributed by atoms with Gasteiger partial charge in [-0.1, -0.05) is 24.6 Å². The van der Waals surface area contributed by atoms with Gasteiger partial charge in [-0.05, 0) is 31.4 Å². The highest BCUT2D eigenvalue weighted by Crippen LogP contribution is 2.31. The molecule has 1 aliphatic heterocycles. The number of allylic oxidation sites excluding steroid dienone is 2. The first kappa shape index (κ1) is 13.4. The number of hydrogen-bond acceptors (Lipinski definition) is 4. The van der Waals surface area contributed by atoms with Gasteiger partial charge in [0.1, 0.15) is 0 Å². The lowest BCUT2D eigenvalue weighted by Gasteiger charge is -2.18. The summed E-state index contributed by atoms with van der Waals surface area (Å²) in [7, 11) is 2.10. The number of amides is 1. The molecule has 1 aromatic rings. The van der Waals surface area contributed by atoms with E-state index in [-0.39, 0.29) is 11.9 Å². The molecule has 5 heteroatoms. The average Bonchev–Trinajstić information content (AvgIpc) is 3.04. The van der Waals surface area contributed by atoms with Crippen LogP contribution in [0.5, 0.6) is 0 Å². The van der Waals surface area contributed by atoms with Crippen LogP contribution in [0.25, 0.3) is 5.57 Å². The molecule has 2 aliphatic rings. The molecule has 0 saturated carbocycles. The zero-order valence-electron chi connectivity index (χ0n) is 12.1. The van der Waals surface area contributed by atoms with Crippen LogP contribution in [0.1, 0.15) is 42.4 Å². The average molecular weight is 275 g/mol. The summed E-state index contributed by atoms with van der Waals surface area (Å²) >= 11 is 0. The Morgan fingerprint density at radius 2 is 2.35 bits per heavy atom. The van der Waals surface area contributed by atoms with Gasteiger partial charge in [-0.2, -0.15) is 0 Å². The van der Waals surface area contributed by atoms with Crippen molar-refractivity contribution in [1.29, 1.82) is 0 Å². The van der Waals surface area contributed by atoms with E-state index < -0.39 is 0 Å². The maximum Gasteiger partial charge on any atom is 0.273 e. The molecule has 5 nitrogen and oxygen atoms in total. The predicted octanol–water partition coefficient (Wildman–Crippen LogP) is 1.92. The number of aromatic nitrogens is 1. The SMILES string of the molecule is CCC[C@H]1CN(C)C[C@@H]1NC(=O)c1cc(C2=CC2)on1. The maximum atomic E-state index is 12.2. The Bertz CT molecular complexity index is 535. The summed E-state index contributed by atoms with van der Waals surface area (Å²) in [4.78, 5) is 14.5. The van der Waals surface area contributed by atoms with Gasteiger partial charge in [0.2, 0.25) is 0 Å². The van der Waals surface area contributed by atoms with E-state index in [1.807, 2.05) is 0 Å². The second-order valence-corrected chi connectivity index (χ2v) is 5.86. The third-order valence-corrected chi connectivity index (χ3v) is 4.07. The van der Waals surface area contributed by atoms with E-state index in [1.165, 1.54) is 0 Å². The van der Waals surface area contributed by atoms with Gasteiger partial charge in [-0.25, -0.2) is 0 Å². The molecular formula is C15H21N3O2. The first-order valence-electron chi connectivity index (χ1n) is 7.33. The zero-order chi connectivity index (χ0) is 14.1. The molecule has 1 aromatic heterocycles. The van der Waals surface area contributed by atoms with Gasteiger partial charge in [-0.3, -0.25) is 4.79 Å². The van der Waals surface area contributed by atoms with E-state index in [9.17, 15) is 4.79 Å². The fourth-order valence-corrected chi connectivity index (χ4v) is 2.94. The molecule has 1 aliphatic carbocycles. The largest absolute Gasteiger partial charge is 0.356 e. The molecule has 0 unspecified atom stereocenters. The van der Waals surface area contributed by atoms with Crippen LogP contribution in [-0.4, -0.2) is 42.1 Å². The summed E-state index contributed by atoms with van der Waals surface area (Å²) < 4.78 is 5.18. The molecule has 20 heavy (non-hydrogen) atoms. The molecule has 0 spiro atoms. The van der Waals surface area contributed by atoms with Crippen LogP contribution in [0, 0.1) is 5.92 Å². The monoisotopic (exact) mass is 275 g/mol. The fraction of sp³-hybridized carbons (Fsp3) is 0.600. The van der Waals surface area contributed by atoms with Crippen molar-refractivity contribution in [2.75, 3.05) is 20.1 Å². The van der Waals surface area contributed by atoms with Crippen molar-refractivity contribution in [2.45, 2.75) is 32.2 Å². The number of likely N-dealkylation sites (N-methyl/N-ethyl adjacent to an activating group) is 1. The molecule has 0 radical (unpaired) electrons. The Balaban J connectivity index is 1.63. The van der Waals surface area contributed by atoms with Crippen LogP contribution in [0.15, 0.2) is 16.7 Å². The van der Waals surface area contributed by atoms with Gasteiger partial charge in [0, 0.05) is 25.2 Å². The van der Waals surface area contributed by atoms with Crippen LogP contribution in [0.4, 0.5) is 0 Å². The second kappa shape index (κ2) is 5.40.